The first kappa shape index (κ1) is 13.3. The molecule has 18 heavy (non-hydrogen) atoms. The normalized spacial score (nSPS) is 31.3. The van der Waals surface area contributed by atoms with Gasteiger partial charge >= 0.3 is 5.97 Å². The maximum absolute atomic E-state index is 12.4. The van der Waals surface area contributed by atoms with Crippen molar-refractivity contribution in [1.82, 2.24) is 4.90 Å². The number of amides is 1. The van der Waals surface area contributed by atoms with Crippen molar-refractivity contribution in [3.8, 4) is 0 Å². The van der Waals surface area contributed by atoms with Crippen LogP contribution in [0.4, 0.5) is 0 Å². The smallest absolute Gasteiger partial charge is 0.326 e. The molecule has 102 valence electrons. The lowest BCUT2D eigenvalue weighted by molar-refractivity contribution is -0.152. The summed E-state index contributed by atoms with van der Waals surface area (Å²) in [4.78, 5) is 24.6. The van der Waals surface area contributed by atoms with E-state index >= 15 is 0 Å². The van der Waals surface area contributed by atoms with Crippen LogP contribution < -0.4 is 5.73 Å². The molecule has 4 N–H and O–H groups in total. The molecule has 0 radical (unpaired) electrons. The fourth-order valence-electron chi connectivity index (χ4n) is 2.51. The highest BCUT2D eigenvalue weighted by Crippen LogP contribution is 2.26. The summed E-state index contributed by atoms with van der Waals surface area (Å²) in [5, 5.41) is 18.6. The predicted octanol–water partition coefficient (Wildman–Crippen LogP) is -1.46. The molecule has 2 aliphatic heterocycles. The topological polar surface area (TPSA) is 113 Å². The Labute approximate surface area is 105 Å². The molecule has 1 unspecified atom stereocenters. The summed E-state index contributed by atoms with van der Waals surface area (Å²) in [5.41, 5.74) is 4.98. The monoisotopic (exact) mass is 258 g/mol. The zero-order chi connectivity index (χ0) is 13.3. The van der Waals surface area contributed by atoms with Crippen molar-refractivity contribution in [1.29, 1.82) is 0 Å². The third kappa shape index (κ3) is 2.33. The zero-order valence-corrected chi connectivity index (χ0v) is 10.0. The molecule has 2 aliphatic rings. The number of ether oxygens (including phenoxy) is 1. The number of aliphatic hydroxyl groups excluding tert-OH is 1. The second-order valence-electron chi connectivity index (χ2n) is 4.97. The number of carbonyl (C=O) groups excluding carboxylic acids is 1. The Balaban J connectivity index is 2.14. The van der Waals surface area contributed by atoms with E-state index in [1.807, 2.05) is 0 Å². The molecule has 0 aliphatic carbocycles. The van der Waals surface area contributed by atoms with Crippen LogP contribution in [0.5, 0.6) is 0 Å². The summed E-state index contributed by atoms with van der Waals surface area (Å²) in [6.45, 7) is 0.836. The van der Waals surface area contributed by atoms with Crippen LogP contribution in [0.15, 0.2) is 0 Å². The maximum atomic E-state index is 12.4. The molecule has 2 heterocycles. The number of hydrogen-bond donors (Lipinski definition) is 3. The van der Waals surface area contributed by atoms with Gasteiger partial charge < -0.3 is 25.6 Å². The van der Waals surface area contributed by atoms with E-state index in [2.05, 4.69) is 0 Å². The van der Waals surface area contributed by atoms with Crippen molar-refractivity contribution in [3.63, 3.8) is 0 Å². The molecule has 1 amide bonds. The van der Waals surface area contributed by atoms with Gasteiger partial charge in [0.15, 0.2) is 0 Å². The molecular weight excluding hydrogens is 240 g/mol. The van der Waals surface area contributed by atoms with Gasteiger partial charge in [0.25, 0.3) is 0 Å². The Morgan fingerprint density at radius 2 is 1.94 bits per heavy atom. The molecule has 0 saturated carbocycles. The van der Waals surface area contributed by atoms with Gasteiger partial charge in [-0.05, 0) is 12.8 Å². The number of β-amino-alcohol motifs (C(OH)–C–C–N with tert-alkyl or cyclic N) is 1. The van der Waals surface area contributed by atoms with Gasteiger partial charge in [-0.1, -0.05) is 0 Å². The van der Waals surface area contributed by atoms with Crippen LogP contribution in [-0.4, -0.2) is 64.4 Å². The minimum atomic E-state index is -1.10. The highest BCUT2D eigenvalue weighted by molar-refractivity contribution is 5.90. The fourth-order valence-corrected chi connectivity index (χ4v) is 2.51. The second kappa shape index (κ2) is 4.83. The van der Waals surface area contributed by atoms with Crippen LogP contribution in [0.2, 0.25) is 0 Å². The molecule has 0 aromatic rings. The summed E-state index contributed by atoms with van der Waals surface area (Å²) >= 11 is 0. The van der Waals surface area contributed by atoms with Gasteiger partial charge in [-0.25, -0.2) is 4.79 Å². The van der Waals surface area contributed by atoms with E-state index in [0.717, 1.165) is 0 Å². The molecular formula is C11H18N2O5. The van der Waals surface area contributed by atoms with Crippen molar-refractivity contribution in [2.45, 2.75) is 36.9 Å². The van der Waals surface area contributed by atoms with Gasteiger partial charge in [-0.3, -0.25) is 4.79 Å². The first-order valence-electron chi connectivity index (χ1n) is 6.02. The number of carbonyl (C=O) groups is 2. The number of nitrogens with two attached hydrogens (primary N) is 1. The van der Waals surface area contributed by atoms with Gasteiger partial charge in [0.1, 0.15) is 6.04 Å². The number of hydrogen-bond acceptors (Lipinski definition) is 5. The van der Waals surface area contributed by atoms with Crippen molar-refractivity contribution in [3.05, 3.63) is 0 Å². The van der Waals surface area contributed by atoms with E-state index in [0.29, 0.717) is 26.1 Å². The van der Waals surface area contributed by atoms with Crippen molar-refractivity contribution < 1.29 is 24.5 Å². The summed E-state index contributed by atoms with van der Waals surface area (Å²) < 4.78 is 5.16. The van der Waals surface area contributed by atoms with Crippen molar-refractivity contribution in [2.75, 3.05) is 19.8 Å². The maximum Gasteiger partial charge on any atom is 0.326 e. The van der Waals surface area contributed by atoms with Gasteiger partial charge in [-0.15, -0.1) is 0 Å². The van der Waals surface area contributed by atoms with Crippen molar-refractivity contribution in [2.24, 2.45) is 5.73 Å². The number of nitrogens with zero attached hydrogens (tertiary/aromatic N) is 1. The van der Waals surface area contributed by atoms with Gasteiger partial charge in [0, 0.05) is 26.2 Å². The van der Waals surface area contributed by atoms with Crippen molar-refractivity contribution >= 4 is 11.9 Å². The van der Waals surface area contributed by atoms with E-state index in [4.69, 9.17) is 15.6 Å². The van der Waals surface area contributed by atoms with Crippen LogP contribution in [-0.2, 0) is 14.3 Å². The van der Waals surface area contributed by atoms with Gasteiger partial charge in [0.2, 0.25) is 5.91 Å². The average molecular weight is 258 g/mol. The molecule has 2 rings (SSSR count). The van der Waals surface area contributed by atoms with E-state index in [9.17, 15) is 14.7 Å². The first-order valence-corrected chi connectivity index (χ1v) is 6.02. The van der Waals surface area contributed by atoms with Crippen LogP contribution in [0.25, 0.3) is 0 Å². The molecule has 0 aromatic carbocycles. The highest BCUT2D eigenvalue weighted by atomic mass is 16.5. The molecule has 7 heteroatoms. The van der Waals surface area contributed by atoms with Gasteiger partial charge in [-0.2, -0.15) is 0 Å². The second-order valence-corrected chi connectivity index (χ2v) is 4.97. The number of likely N-dealkylation sites (tertiary alicyclic amines) is 1. The Morgan fingerprint density at radius 1 is 1.33 bits per heavy atom. The fraction of sp³-hybridized carbons (Fsp3) is 0.818. The summed E-state index contributed by atoms with van der Waals surface area (Å²) in [7, 11) is 0. The van der Waals surface area contributed by atoms with E-state index in [-0.39, 0.29) is 13.0 Å². The lowest BCUT2D eigenvalue weighted by Crippen LogP contribution is -2.59. The lowest BCUT2D eigenvalue weighted by Gasteiger charge is -2.36. The number of carboxylic acids is 1. The quantitative estimate of drug-likeness (QED) is 0.558. The molecule has 0 spiro atoms. The molecule has 2 atom stereocenters. The lowest BCUT2D eigenvalue weighted by atomic mass is 9.89. The Kier molecular flexibility index (Phi) is 3.56. The highest BCUT2D eigenvalue weighted by Gasteiger charge is 2.46. The number of aliphatic carboxylic acids is 1. The summed E-state index contributed by atoms with van der Waals surface area (Å²) in [6.07, 6.45) is 0.0295. The van der Waals surface area contributed by atoms with E-state index < -0.39 is 29.6 Å². The third-order valence-electron chi connectivity index (χ3n) is 3.64. The van der Waals surface area contributed by atoms with E-state index in [1.54, 1.807) is 0 Å². The minimum absolute atomic E-state index is 0.0373. The Hall–Kier alpha value is -1.18. The van der Waals surface area contributed by atoms with Crippen LogP contribution >= 0.6 is 0 Å². The molecule has 7 nitrogen and oxygen atoms in total. The minimum Gasteiger partial charge on any atom is -0.480 e. The average Bonchev–Trinajstić information content (AvgIpc) is 2.71. The standard InChI is InChI=1S/C11H18N2O5/c12-11(1-3-18-4-2-11)10(17)13-6-7(14)5-8(13)9(15)16/h7-8,14H,1-6,12H2,(H,15,16)/t7?,8-/m0/s1. The molecule has 2 fully saturated rings. The number of aliphatic hydroxyl groups is 1. The van der Waals surface area contributed by atoms with Crippen LogP contribution in [0, 0.1) is 0 Å². The van der Waals surface area contributed by atoms with Gasteiger partial charge in [0.05, 0.1) is 11.6 Å². The summed E-state index contributed by atoms with van der Waals surface area (Å²) in [6, 6.07) is -0.976. The van der Waals surface area contributed by atoms with E-state index in [1.165, 1.54) is 4.90 Å². The zero-order valence-electron chi connectivity index (χ0n) is 10.0. The Morgan fingerprint density at radius 3 is 2.50 bits per heavy atom. The SMILES string of the molecule is NC1(C(=O)N2CC(O)C[C@H]2C(=O)O)CCOCC1. The first-order chi connectivity index (χ1) is 8.44. The predicted molar refractivity (Wildman–Crippen MR) is 60.7 cm³/mol. The number of rotatable bonds is 2. The molecule has 2 saturated heterocycles. The Bertz CT molecular complexity index is 353. The molecule has 0 aromatic heterocycles. The molecule has 0 bridgehead atoms. The summed E-state index contributed by atoms with van der Waals surface area (Å²) in [5.74, 6) is -1.50. The van der Waals surface area contributed by atoms with Crippen LogP contribution in [0.1, 0.15) is 19.3 Å². The van der Waals surface area contributed by atoms with Crippen LogP contribution in [0.3, 0.4) is 0 Å². The number of carboxylic acid groups (broad SMARTS) is 1. The largest absolute Gasteiger partial charge is 0.480 e. The third-order valence-corrected chi connectivity index (χ3v) is 3.64.